The quantitative estimate of drug-likeness (QED) is 0.0556. The molecule has 0 aliphatic carbocycles. The van der Waals surface area contributed by atoms with Crippen molar-refractivity contribution in [1.82, 2.24) is 20.6 Å². The fraction of sp³-hybridized carbons (Fsp3) is 0.516. The number of nitrogens with zero attached hydrogens (tertiary/aromatic N) is 2. The fourth-order valence-electron chi connectivity index (χ4n) is 4.85. The highest BCUT2D eigenvalue weighted by molar-refractivity contribution is 5.98. The number of aromatic nitrogens is 2. The summed E-state index contributed by atoms with van der Waals surface area (Å²) in [4.78, 5) is 92.4. The molecule has 7 N–H and O–H groups in total. The Kier molecular flexibility index (Phi) is 16.1. The van der Waals surface area contributed by atoms with Crippen LogP contribution in [0.3, 0.4) is 0 Å². The third-order valence-electron chi connectivity index (χ3n) is 7.17. The maximum absolute atomic E-state index is 13.3. The topological polar surface area (TPSA) is 278 Å². The second-order valence-corrected chi connectivity index (χ2v) is 10.7. The summed E-state index contributed by atoms with van der Waals surface area (Å²) in [6.07, 6.45) is -0.268. The maximum Gasteiger partial charge on any atom is 0.328 e. The second kappa shape index (κ2) is 20.0. The van der Waals surface area contributed by atoms with Crippen molar-refractivity contribution in [3.05, 3.63) is 61.4 Å². The van der Waals surface area contributed by atoms with E-state index in [1.165, 1.54) is 12.1 Å². The van der Waals surface area contributed by atoms with Crippen molar-refractivity contribution in [2.24, 2.45) is 0 Å². The maximum atomic E-state index is 13.3. The van der Waals surface area contributed by atoms with Gasteiger partial charge in [-0.25, -0.2) is 4.79 Å². The first-order valence-electron chi connectivity index (χ1n) is 15.7. The number of nitrogens with two attached hydrogens (primary N) is 2. The minimum absolute atomic E-state index is 0.0188. The average Bonchev–Trinajstić information content (AvgIpc) is 3.03. The zero-order valence-corrected chi connectivity index (χ0v) is 27.7. The molecule has 49 heavy (non-hydrogen) atoms. The molecule has 1 unspecified atom stereocenters. The number of aromatic amines is 1. The van der Waals surface area contributed by atoms with Gasteiger partial charge in [-0.15, -0.1) is 0 Å². The highest BCUT2D eigenvalue weighted by atomic mass is 16.6. The zero-order valence-electron chi connectivity index (χ0n) is 27.7. The third-order valence-corrected chi connectivity index (χ3v) is 7.17. The van der Waals surface area contributed by atoms with Crippen molar-refractivity contribution in [2.45, 2.75) is 77.3 Å². The molecule has 1 heterocycles. The molecule has 18 heteroatoms. The summed E-state index contributed by atoms with van der Waals surface area (Å²) in [5.74, 6) is -4.71. The van der Waals surface area contributed by atoms with Crippen LogP contribution in [0.4, 0.5) is 11.8 Å². The molecule has 268 valence electrons. The molecule has 0 radical (unpaired) electrons. The van der Waals surface area contributed by atoms with Gasteiger partial charge in [0.25, 0.3) is 11.5 Å². The average molecular weight is 690 g/mol. The van der Waals surface area contributed by atoms with E-state index in [1.807, 2.05) is 0 Å². The highest BCUT2D eigenvalue weighted by Gasteiger charge is 2.29. The summed E-state index contributed by atoms with van der Waals surface area (Å²) in [6.45, 7) is 4.52. The molecule has 0 saturated heterocycles. The molecule has 0 aliphatic rings. The van der Waals surface area contributed by atoms with Crippen LogP contribution >= 0.6 is 0 Å². The largest absolute Gasteiger partial charge is 0.466 e. The van der Waals surface area contributed by atoms with E-state index >= 15 is 0 Å². The summed E-state index contributed by atoms with van der Waals surface area (Å²) < 4.78 is 14.9. The summed E-state index contributed by atoms with van der Waals surface area (Å²) in [5, 5.41) is 16.4. The first-order chi connectivity index (χ1) is 23.3. The lowest BCUT2D eigenvalue weighted by Gasteiger charge is -2.22. The van der Waals surface area contributed by atoms with Gasteiger partial charge in [-0.05, 0) is 64.2 Å². The van der Waals surface area contributed by atoms with Crippen molar-refractivity contribution in [2.75, 3.05) is 37.8 Å². The van der Waals surface area contributed by atoms with Crippen LogP contribution in [-0.2, 0) is 39.8 Å². The molecule has 2 aromatic rings. The standard InChI is InChI=1S/C31H43N7O11/c1-4-47-23(39)15-13-21(28(42)35-22(30(44)49-6-3)14-16-24(40)48-5-2)34-27(41)19-10-7-18(8-11-19)9-12-20(17-38(45)46)25-26(32)36-31(33)37-29(25)43/h7-8,10-11,20-22H,4-6,9,12-17H2,1-3H3,(H,34,41)(H,35,42)(H5,32,33,36,37,43)/t20?,21-,22-/m0/s1. The first kappa shape index (κ1) is 39.6. The van der Waals surface area contributed by atoms with Gasteiger partial charge in [0.2, 0.25) is 18.4 Å². The predicted octanol–water partition coefficient (Wildman–Crippen LogP) is 0.760. The molecule has 0 saturated carbocycles. The van der Waals surface area contributed by atoms with Gasteiger partial charge in [-0.2, -0.15) is 4.98 Å². The monoisotopic (exact) mass is 689 g/mol. The van der Waals surface area contributed by atoms with E-state index in [0.29, 0.717) is 5.56 Å². The van der Waals surface area contributed by atoms with Gasteiger partial charge in [-0.3, -0.25) is 39.1 Å². The van der Waals surface area contributed by atoms with Gasteiger partial charge in [0.15, 0.2) is 0 Å². The van der Waals surface area contributed by atoms with Crippen LogP contribution in [0.5, 0.6) is 0 Å². The Morgan fingerprint density at radius 3 is 1.98 bits per heavy atom. The highest BCUT2D eigenvalue weighted by Crippen LogP contribution is 2.24. The van der Waals surface area contributed by atoms with E-state index in [2.05, 4.69) is 20.6 Å². The van der Waals surface area contributed by atoms with Crippen LogP contribution in [0.1, 0.15) is 80.3 Å². The molecule has 0 bridgehead atoms. The Morgan fingerprint density at radius 1 is 0.878 bits per heavy atom. The number of amides is 2. The van der Waals surface area contributed by atoms with E-state index < -0.39 is 64.8 Å². The summed E-state index contributed by atoms with van der Waals surface area (Å²) in [5.41, 5.74) is 11.5. The first-order valence-corrected chi connectivity index (χ1v) is 15.7. The number of nitro groups is 1. The third kappa shape index (κ3) is 13.2. The van der Waals surface area contributed by atoms with Crippen molar-refractivity contribution >= 4 is 41.5 Å². The number of hydrogen-bond acceptors (Lipinski definition) is 14. The number of carbonyl (C=O) groups excluding carboxylic acids is 5. The lowest BCUT2D eigenvalue weighted by atomic mass is 9.93. The number of H-pyrrole nitrogens is 1. The number of aryl methyl sites for hydroxylation is 1. The SMILES string of the molecule is CCOC(=O)CC[C@H](NC(=O)c1ccc(CCC(C[N+](=O)[O-])c2c(N)nc(N)[nH]c2=O)cc1)C(=O)N[C@@H](CCC(=O)OCC)C(=O)OCC. The molecule has 0 fully saturated rings. The van der Waals surface area contributed by atoms with Crippen molar-refractivity contribution < 1.29 is 43.1 Å². The van der Waals surface area contributed by atoms with Gasteiger partial charge in [0, 0.05) is 23.3 Å². The van der Waals surface area contributed by atoms with Crippen molar-refractivity contribution in [3.8, 4) is 0 Å². The number of rotatable bonds is 20. The molecule has 18 nitrogen and oxygen atoms in total. The van der Waals surface area contributed by atoms with E-state index in [1.54, 1.807) is 32.9 Å². The molecular formula is C31H43N7O11. The summed E-state index contributed by atoms with van der Waals surface area (Å²) >= 11 is 0. The van der Waals surface area contributed by atoms with E-state index in [4.69, 9.17) is 25.7 Å². The molecule has 2 amide bonds. The minimum atomic E-state index is -1.28. The number of ether oxygens (including phenoxy) is 3. The number of carbonyl (C=O) groups is 5. The zero-order chi connectivity index (χ0) is 36.5. The number of nitrogen functional groups attached to an aromatic ring is 2. The Bertz CT molecular complexity index is 1530. The number of esters is 3. The van der Waals surface area contributed by atoms with Crippen LogP contribution < -0.4 is 27.7 Å². The van der Waals surface area contributed by atoms with Crippen LogP contribution in [0.15, 0.2) is 29.1 Å². The van der Waals surface area contributed by atoms with Crippen molar-refractivity contribution in [1.29, 1.82) is 0 Å². The molecule has 0 spiro atoms. The Morgan fingerprint density at radius 2 is 1.45 bits per heavy atom. The van der Waals surface area contributed by atoms with Gasteiger partial charge in [0.1, 0.15) is 17.9 Å². The normalized spacial score (nSPS) is 12.6. The van der Waals surface area contributed by atoms with Gasteiger partial charge in [0.05, 0.1) is 31.3 Å². The van der Waals surface area contributed by atoms with Crippen LogP contribution in [0.2, 0.25) is 0 Å². The molecule has 2 rings (SSSR count). The number of anilines is 2. The van der Waals surface area contributed by atoms with Crippen LogP contribution in [0, 0.1) is 10.1 Å². The number of hydrogen-bond donors (Lipinski definition) is 5. The Labute approximate surface area is 281 Å². The molecule has 0 aliphatic heterocycles. The van der Waals surface area contributed by atoms with E-state index in [0.717, 1.165) is 0 Å². The van der Waals surface area contributed by atoms with Gasteiger partial charge >= 0.3 is 17.9 Å². The Hall–Kier alpha value is -5.55. The lowest BCUT2D eigenvalue weighted by molar-refractivity contribution is -0.483. The van der Waals surface area contributed by atoms with E-state index in [-0.39, 0.29) is 81.2 Å². The summed E-state index contributed by atoms with van der Waals surface area (Å²) in [6, 6.07) is 3.64. The van der Waals surface area contributed by atoms with E-state index in [9.17, 15) is 38.9 Å². The fourth-order valence-corrected chi connectivity index (χ4v) is 4.85. The number of benzene rings is 1. The lowest BCUT2D eigenvalue weighted by Crippen LogP contribution is -2.52. The summed E-state index contributed by atoms with van der Waals surface area (Å²) in [7, 11) is 0. The smallest absolute Gasteiger partial charge is 0.328 e. The minimum Gasteiger partial charge on any atom is -0.466 e. The molecule has 3 atom stereocenters. The number of nitrogens with one attached hydrogen (secondary N) is 3. The van der Waals surface area contributed by atoms with Crippen LogP contribution in [0.25, 0.3) is 0 Å². The van der Waals surface area contributed by atoms with Gasteiger partial charge < -0.3 is 36.3 Å². The Balaban J connectivity index is 2.20. The predicted molar refractivity (Wildman–Crippen MR) is 175 cm³/mol. The molecular weight excluding hydrogens is 646 g/mol. The van der Waals surface area contributed by atoms with Crippen molar-refractivity contribution in [3.63, 3.8) is 0 Å². The molecule has 1 aromatic heterocycles. The van der Waals surface area contributed by atoms with Crippen LogP contribution in [-0.4, -0.2) is 83.1 Å². The second-order valence-electron chi connectivity index (χ2n) is 10.7. The molecule has 1 aromatic carbocycles. The van der Waals surface area contributed by atoms with Gasteiger partial charge in [-0.1, -0.05) is 12.1 Å².